The van der Waals surface area contributed by atoms with Crippen LogP contribution < -0.4 is 10.1 Å². The molecule has 160 valence electrons. The molecule has 29 heavy (non-hydrogen) atoms. The Morgan fingerprint density at radius 1 is 1.38 bits per heavy atom. The molecule has 0 aliphatic heterocycles. The van der Waals surface area contributed by atoms with Gasteiger partial charge in [0.2, 0.25) is 5.89 Å². The number of nitrogens with zero attached hydrogens (tertiary/aromatic N) is 3. The molecular weight excluding hydrogens is 441 g/mol. The highest BCUT2D eigenvalue weighted by Crippen LogP contribution is 2.27. The zero-order chi connectivity index (χ0) is 22.0. The predicted octanol–water partition coefficient (Wildman–Crippen LogP) is 2.06. The summed E-state index contributed by atoms with van der Waals surface area (Å²) in [5, 5.41) is 5.84. The van der Waals surface area contributed by atoms with Crippen LogP contribution in [0.5, 0.6) is 5.75 Å². The minimum atomic E-state index is -4.61. The van der Waals surface area contributed by atoms with Gasteiger partial charge in [-0.05, 0) is 6.92 Å². The number of aromatic nitrogens is 3. The van der Waals surface area contributed by atoms with Crippen LogP contribution in [-0.2, 0) is 15.4 Å². The third-order valence-electron chi connectivity index (χ3n) is 3.41. The van der Waals surface area contributed by atoms with E-state index < -0.39 is 45.6 Å². The number of carbonyl (C=O) groups excluding carboxylic acids is 1. The van der Waals surface area contributed by atoms with Gasteiger partial charge in [0.05, 0.1) is 11.9 Å². The maximum absolute atomic E-state index is 12.6. The molecule has 14 heteroatoms. The molecule has 1 N–H and O–H groups in total. The van der Waals surface area contributed by atoms with Crippen molar-refractivity contribution in [1.29, 1.82) is 0 Å². The number of rotatable bonds is 7. The number of ether oxygens (including phenoxy) is 1. The third-order valence-corrected chi connectivity index (χ3v) is 4.79. The molecule has 0 spiro atoms. The number of pyridine rings is 1. The zero-order valence-corrected chi connectivity index (χ0v) is 16.9. The van der Waals surface area contributed by atoms with Crippen LogP contribution in [0.2, 0.25) is 5.02 Å². The molecular formula is C15H16ClF3N4O5S. The van der Waals surface area contributed by atoms with Crippen molar-refractivity contribution in [2.45, 2.75) is 25.6 Å². The van der Waals surface area contributed by atoms with Crippen LogP contribution in [0.25, 0.3) is 0 Å². The summed E-state index contributed by atoms with van der Waals surface area (Å²) in [5.74, 6) is -1.86. The lowest BCUT2D eigenvalue weighted by Crippen LogP contribution is -2.49. The Kier molecular flexibility index (Phi) is 6.42. The van der Waals surface area contributed by atoms with Crippen LogP contribution in [0.1, 0.15) is 29.1 Å². The smallest absolute Gasteiger partial charge is 0.422 e. The summed E-state index contributed by atoms with van der Waals surface area (Å²) in [4.78, 5) is 20.3. The van der Waals surface area contributed by atoms with Gasteiger partial charge in [-0.25, -0.2) is 13.4 Å². The first-order valence-corrected chi connectivity index (χ1v) is 10.3. The molecule has 0 saturated carbocycles. The fourth-order valence-corrected chi connectivity index (χ4v) is 3.74. The van der Waals surface area contributed by atoms with Crippen molar-refractivity contribution >= 4 is 27.3 Å². The van der Waals surface area contributed by atoms with Gasteiger partial charge in [0.15, 0.2) is 12.4 Å². The maximum Gasteiger partial charge on any atom is 0.422 e. The summed E-state index contributed by atoms with van der Waals surface area (Å²) in [6.07, 6.45) is -2.72. The molecule has 0 fully saturated rings. The van der Waals surface area contributed by atoms with E-state index in [2.05, 4.69) is 25.2 Å². The minimum Gasteiger partial charge on any atom is -0.482 e. The quantitative estimate of drug-likeness (QED) is 0.671. The maximum atomic E-state index is 12.6. The molecule has 0 saturated heterocycles. The molecule has 1 unspecified atom stereocenters. The van der Waals surface area contributed by atoms with Crippen molar-refractivity contribution in [3.63, 3.8) is 0 Å². The van der Waals surface area contributed by atoms with E-state index in [0.29, 0.717) is 0 Å². The molecule has 1 amide bonds. The molecule has 9 nitrogen and oxygen atoms in total. The Bertz CT molecular complexity index is 1010. The van der Waals surface area contributed by atoms with Crippen LogP contribution in [0.4, 0.5) is 13.2 Å². The van der Waals surface area contributed by atoms with E-state index in [1.165, 1.54) is 13.8 Å². The van der Waals surface area contributed by atoms with Gasteiger partial charge in [-0.15, -0.1) is 0 Å². The van der Waals surface area contributed by atoms with E-state index in [1.807, 2.05) is 0 Å². The average molecular weight is 457 g/mol. The molecule has 1 atom stereocenters. The zero-order valence-electron chi connectivity index (χ0n) is 15.4. The Balaban J connectivity index is 2.32. The molecule has 2 aromatic heterocycles. The van der Waals surface area contributed by atoms with E-state index in [9.17, 15) is 26.4 Å². The number of aryl methyl sites for hydroxylation is 1. The number of hydrogen-bond acceptors (Lipinski definition) is 8. The fourth-order valence-electron chi connectivity index (χ4n) is 2.33. The summed E-state index contributed by atoms with van der Waals surface area (Å²) in [6, 6.07) is 0.908. The summed E-state index contributed by atoms with van der Waals surface area (Å²) in [6.45, 7) is 1.21. The van der Waals surface area contributed by atoms with Crippen LogP contribution in [0.15, 0.2) is 16.8 Å². The summed E-state index contributed by atoms with van der Waals surface area (Å²) in [7, 11) is -3.62. The molecule has 0 bridgehead atoms. The predicted molar refractivity (Wildman–Crippen MR) is 94.4 cm³/mol. The second-order valence-electron chi connectivity index (χ2n) is 6.40. The molecule has 2 heterocycles. The lowest BCUT2D eigenvalue weighted by atomic mass is 10.0. The highest BCUT2D eigenvalue weighted by molar-refractivity contribution is 7.90. The van der Waals surface area contributed by atoms with Gasteiger partial charge in [0.25, 0.3) is 5.91 Å². The largest absolute Gasteiger partial charge is 0.482 e. The van der Waals surface area contributed by atoms with Crippen LogP contribution >= 0.6 is 11.6 Å². The van der Waals surface area contributed by atoms with Gasteiger partial charge in [-0.2, -0.15) is 18.2 Å². The van der Waals surface area contributed by atoms with Crippen molar-refractivity contribution in [3.05, 3.63) is 34.7 Å². The summed E-state index contributed by atoms with van der Waals surface area (Å²) < 4.78 is 70.2. The van der Waals surface area contributed by atoms with Crippen molar-refractivity contribution < 1.29 is 35.6 Å². The summed E-state index contributed by atoms with van der Waals surface area (Å²) in [5.41, 5.74) is -1.96. The Hall–Kier alpha value is -2.41. The lowest BCUT2D eigenvalue weighted by molar-refractivity contribution is -0.153. The lowest BCUT2D eigenvalue weighted by Gasteiger charge is -2.26. The van der Waals surface area contributed by atoms with Crippen molar-refractivity contribution in [3.8, 4) is 5.75 Å². The molecule has 0 aliphatic rings. The standard InChI is InChI=1S/C15H16ClF3N4O5S/c1-8-21-13(23-28-8)14(2,7-29(3,25)26)22-12(24)10-4-11(9(16)5-20-10)27-6-15(17,18)19/h4-5H,6-7H2,1-3H3,(H,22,24). The van der Waals surface area contributed by atoms with E-state index in [0.717, 1.165) is 18.5 Å². The number of hydrogen-bond donors (Lipinski definition) is 1. The van der Waals surface area contributed by atoms with E-state index in [1.54, 1.807) is 0 Å². The van der Waals surface area contributed by atoms with Gasteiger partial charge in [-0.3, -0.25) is 4.79 Å². The second-order valence-corrected chi connectivity index (χ2v) is 8.94. The Labute approximate surface area is 168 Å². The van der Waals surface area contributed by atoms with Gasteiger partial charge in [-0.1, -0.05) is 16.8 Å². The van der Waals surface area contributed by atoms with Gasteiger partial charge < -0.3 is 14.6 Å². The van der Waals surface area contributed by atoms with Gasteiger partial charge in [0.1, 0.15) is 31.8 Å². The molecule has 2 rings (SSSR count). The highest BCUT2D eigenvalue weighted by atomic mass is 35.5. The van der Waals surface area contributed by atoms with Crippen molar-refractivity contribution in [2.75, 3.05) is 18.6 Å². The number of alkyl halides is 3. The monoisotopic (exact) mass is 456 g/mol. The first kappa shape index (κ1) is 22.9. The molecule has 0 radical (unpaired) electrons. The van der Waals surface area contributed by atoms with E-state index >= 15 is 0 Å². The topological polar surface area (TPSA) is 124 Å². The SMILES string of the molecule is Cc1nc(C(C)(CS(C)(=O)=O)NC(=O)c2cc(OCC(F)(F)F)c(Cl)cn2)no1. The minimum absolute atomic E-state index is 0.101. The molecule has 0 aliphatic carbocycles. The van der Waals surface area contributed by atoms with Crippen LogP contribution in [0.3, 0.4) is 0 Å². The number of carbonyl (C=O) groups is 1. The first-order chi connectivity index (χ1) is 13.2. The second kappa shape index (κ2) is 8.14. The first-order valence-electron chi connectivity index (χ1n) is 7.85. The number of nitrogens with one attached hydrogen (secondary N) is 1. The number of sulfone groups is 1. The van der Waals surface area contributed by atoms with E-state index in [-0.39, 0.29) is 22.4 Å². The Morgan fingerprint density at radius 2 is 2.03 bits per heavy atom. The normalized spacial score (nSPS) is 14.3. The average Bonchev–Trinajstić information content (AvgIpc) is 2.98. The molecule has 2 aromatic rings. The van der Waals surface area contributed by atoms with Gasteiger partial charge >= 0.3 is 6.18 Å². The summed E-state index contributed by atoms with van der Waals surface area (Å²) >= 11 is 5.75. The molecule has 0 aromatic carbocycles. The Morgan fingerprint density at radius 3 is 2.55 bits per heavy atom. The number of amides is 1. The van der Waals surface area contributed by atoms with Crippen molar-refractivity contribution in [1.82, 2.24) is 20.4 Å². The van der Waals surface area contributed by atoms with Crippen LogP contribution in [-0.4, -0.2) is 54.2 Å². The highest BCUT2D eigenvalue weighted by Gasteiger charge is 2.38. The van der Waals surface area contributed by atoms with E-state index in [4.69, 9.17) is 16.1 Å². The number of halogens is 4. The van der Waals surface area contributed by atoms with Crippen LogP contribution in [0, 0.1) is 6.92 Å². The fraction of sp³-hybridized carbons (Fsp3) is 0.467. The third kappa shape index (κ3) is 6.56. The van der Waals surface area contributed by atoms with Gasteiger partial charge in [0, 0.05) is 19.2 Å². The van der Waals surface area contributed by atoms with Crippen molar-refractivity contribution in [2.24, 2.45) is 0 Å².